The third-order valence-corrected chi connectivity index (χ3v) is 1.94. The van der Waals surface area contributed by atoms with E-state index >= 15 is 0 Å². The first-order valence-electron chi connectivity index (χ1n) is 4.41. The van der Waals surface area contributed by atoms with Crippen LogP contribution in [-0.4, -0.2) is 70.3 Å². The Kier molecular flexibility index (Phi) is 8.10. The summed E-state index contributed by atoms with van der Waals surface area (Å²) in [6, 6.07) is 0. The minimum Gasteiger partial charge on any atom is -1.00 e. The number of methoxy groups -OCH3 is 1. The Hall–Kier alpha value is -0.320. The summed E-state index contributed by atoms with van der Waals surface area (Å²) in [6.07, 6.45) is 0. The molecule has 4 nitrogen and oxygen atoms in total. The van der Waals surface area contributed by atoms with E-state index in [2.05, 4.69) is 9.64 Å². The molecule has 0 amide bonds. The molecule has 0 aromatic rings. The molecule has 0 spiro atoms. The van der Waals surface area contributed by atoms with E-state index in [9.17, 15) is 4.79 Å². The average molecular weight is 225 g/mol. The number of halogens is 1. The molecule has 0 aliphatic carbocycles. The summed E-state index contributed by atoms with van der Waals surface area (Å²) in [7, 11) is 9.53. The summed E-state index contributed by atoms with van der Waals surface area (Å²) >= 11 is 0. The second-order valence-corrected chi connectivity index (χ2v) is 4.20. The summed E-state index contributed by atoms with van der Waals surface area (Å²) in [6.45, 7) is 2.36. The molecule has 0 heterocycles. The van der Waals surface area contributed by atoms with E-state index in [-0.39, 0.29) is 18.4 Å². The topological polar surface area (TPSA) is 29.5 Å². The van der Waals surface area contributed by atoms with Crippen molar-refractivity contribution in [1.82, 2.24) is 4.90 Å². The van der Waals surface area contributed by atoms with E-state index in [0.717, 1.165) is 13.1 Å². The molecule has 0 unspecified atom stereocenters. The van der Waals surface area contributed by atoms with Crippen molar-refractivity contribution in [3.05, 3.63) is 0 Å². The number of quaternary nitrogens is 1. The van der Waals surface area contributed by atoms with E-state index in [1.807, 2.05) is 28.2 Å². The van der Waals surface area contributed by atoms with E-state index < -0.39 is 0 Å². The quantitative estimate of drug-likeness (QED) is 0.364. The summed E-state index contributed by atoms with van der Waals surface area (Å²) < 4.78 is 5.30. The fourth-order valence-electron chi connectivity index (χ4n) is 0.964. The largest absolute Gasteiger partial charge is 1.00 e. The van der Waals surface area contributed by atoms with Gasteiger partial charge in [-0.2, -0.15) is 0 Å². The molecule has 0 saturated carbocycles. The van der Waals surface area contributed by atoms with Crippen molar-refractivity contribution >= 4 is 5.97 Å². The van der Waals surface area contributed by atoms with Crippen molar-refractivity contribution in [3.8, 4) is 0 Å². The molecule has 86 valence electrons. The molecular weight excluding hydrogens is 204 g/mol. The normalized spacial score (nSPS) is 11.0. The van der Waals surface area contributed by atoms with Gasteiger partial charge < -0.3 is 26.5 Å². The van der Waals surface area contributed by atoms with Crippen LogP contribution in [-0.2, 0) is 9.53 Å². The second-order valence-electron chi connectivity index (χ2n) is 4.20. The van der Waals surface area contributed by atoms with Gasteiger partial charge in [0.2, 0.25) is 0 Å². The number of esters is 1. The van der Waals surface area contributed by atoms with Crippen molar-refractivity contribution in [2.45, 2.75) is 0 Å². The lowest BCUT2D eigenvalue weighted by Gasteiger charge is -2.29. The predicted octanol–water partition coefficient (Wildman–Crippen LogP) is -3.20. The molecule has 5 heteroatoms. The zero-order valence-corrected chi connectivity index (χ0v) is 10.5. The first kappa shape index (κ1) is 16.1. The Morgan fingerprint density at radius 3 is 2.21 bits per heavy atom. The number of likely N-dealkylation sites (N-methyl/N-ethyl adjacent to an activating group) is 2. The Balaban J connectivity index is 0. The molecule has 0 rings (SSSR count). The van der Waals surface area contributed by atoms with Gasteiger partial charge in [-0.25, -0.2) is 4.79 Å². The molecule has 0 N–H and O–H groups in total. The van der Waals surface area contributed by atoms with Crippen LogP contribution in [0.15, 0.2) is 0 Å². The highest BCUT2D eigenvalue weighted by Gasteiger charge is 2.20. The van der Waals surface area contributed by atoms with Crippen LogP contribution in [0.1, 0.15) is 0 Å². The maximum absolute atomic E-state index is 11.0. The summed E-state index contributed by atoms with van der Waals surface area (Å²) in [5, 5.41) is 0. The molecule has 0 atom stereocenters. The number of rotatable bonds is 5. The predicted molar refractivity (Wildman–Crippen MR) is 52.4 cm³/mol. The van der Waals surface area contributed by atoms with Crippen LogP contribution >= 0.6 is 0 Å². The molecule has 0 saturated heterocycles. The summed E-state index contributed by atoms with van der Waals surface area (Å²) in [4.78, 5) is 13.1. The molecule has 0 aliphatic rings. The SMILES string of the molecule is COC(=O)C[N+](C)(C)CCN(C)C.[Cl-]. The molecule has 0 aliphatic heterocycles. The molecule has 0 radical (unpaired) electrons. The maximum Gasteiger partial charge on any atom is 0.361 e. The lowest BCUT2D eigenvalue weighted by molar-refractivity contribution is -0.882. The fraction of sp³-hybridized carbons (Fsp3) is 0.889. The molecule has 14 heavy (non-hydrogen) atoms. The Labute approximate surface area is 92.8 Å². The standard InChI is InChI=1S/C9H21N2O2.ClH/c1-10(2)6-7-11(3,4)8-9(12)13-5;/h6-8H2,1-5H3;1H/q+1;/p-1. The zero-order chi connectivity index (χ0) is 10.5. The van der Waals surface area contributed by atoms with E-state index in [1.54, 1.807) is 0 Å². The first-order valence-corrected chi connectivity index (χ1v) is 4.41. The van der Waals surface area contributed by atoms with Crippen LogP contribution in [0.3, 0.4) is 0 Å². The third kappa shape index (κ3) is 8.29. The third-order valence-electron chi connectivity index (χ3n) is 1.94. The summed E-state index contributed by atoms with van der Waals surface area (Å²) in [5.41, 5.74) is 0. The number of hydrogen-bond acceptors (Lipinski definition) is 3. The highest BCUT2D eigenvalue weighted by atomic mass is 35.5. The Morgan fingerprint density at radius 2 is 1.86 bits per heavy atom. The highest BCUT2D eigenvalue weighted by molar-refractivity contribution is 5.70. The van der Waals surface area contributed by atoms with Crippen molar-refractivity contribution in [3.63, 3.8) is 0 Å². The summed E-state index contributed by atoms with van der Waals surface area (Å²) in [5.74, 6) is -0.149. The molecule has 0 aromatic carbocycles. The van der Waals surface area contributed by atoms with Crippen LogP contribution in [0.5, 0.6) is 0 Å². The van der Waals surface area contributed by atoms with Crippen molar-refractivity contribution in [2.24, 2.45) is 0 Å². The van der Waals surface area contributed by atoms with Crippen LogP contribution in [0, 0.1) is 0 Å². The zero-order valence-electron chi connectivity index (χ0n) is 9.71. The van der Waals surface area contributed by atoms with Crippen LogP contribution in [0.2, 0.25) is 0 Å². The minimum absolute atomic E-state index is 0. The van der Waals surface area contributed by atoms with Gasteiger partial charge in [0.15, 0.2) is 6.54 Å². The molecule has 0 fully saturated rings. The van der Waals surface area contributed by atoms with E-state index in [4.69, 9.17) is 0 Å². The van der Waals surface area contributed by atoms with Gasteiger partial charge in [-0.15, -0.1) is 0 Å². The Bertz CT molecular complexity index is 172. The van der Waals surface area contributed by atoms with Gasteiger partial charge in [-0.1, -0.05) is 0 Å². The second kappa shape index (κ2) is 7.04. The average Bonchev–Trinajstić information content (AvgIpc) is 2.00. The van der Waals surface area contributed by atoms with Crippen molar-refractivity contribution < 1.29 is 26.4 Å². The van der Waals surface area contributed by atoms with Gasteiger partial charge >= 0.3 is 5.97 Å². The lowest BCUT2D eigenvalue weighted by atomic mass is 10.4. The molecular formula is C9H21ClN2O2. The van der Waals surface area contributed by atoms with Gasteiger partial charge in [0.05, 0.1) is 27.7 Å². The van der Waals surface area contributed by atoms with Crippen molar-refractivity contribution in [1.29, 1.82) is 0 Å². The monoisotopic (exact) mass is 224 g/mol. The van der Waals surface area contributed by atoms with Gasteiger partial charge in [0, 0.05) is 6.54 Å². The smallest absolute Gasteiger partial charge is 0.361 e. The number of carbonyl (C=O) groups is 1. The van der Waals surface area contributed by atoms with Gasteiger partial charge in [0.1, 0.15) is 0 Å². The van der Waals surface area contributed by atoms with Crippen LogP contribution in [0.4, 0.5) is 0 Å². The lowest BCUT2D eigenvalue weighted by Crippen LogP contribution is -3.00. The van der Waals surface area contributed by atoms with Gasteiger partial charge in [-0.3, -0.25) is 0 Å². The van der Waals surface area contributed by atoms with Gasteiger partial charge in [-0.05, 0) is 14.1 Å². The maximum atomic E-state index is 11.0. The number of nitrogens with zero attached hydrogens (tertiary/aromatic N) is 2. The van der Waals surface area contributed by atoms with E-state index in [1.165, 1.54) is 7.11 Å². The van der Waals surface area contributed by atoms with E-state index in [0.29, 0.717) is 11.0 Å². The first-order chi connectivity index (χ1) is 5.87. The Morgan fingerprint density at radius 1 is 1.36 bits per heavy atom. The van der Waals surface area contributed by atoms with Gasteiger partial charge in [0.25, 0.3) is 0 Å². The van der Waals surface area contributed by atoms with Crippen LogP contribution < -0.4 is 12.4 Å². The fourth-order valence-corrected chi connectivity index (χ4v) is 0.964. The number of hydrogen-bond donors (Lipinski definition) is 0. The highest BCUT2D eigenvalue weighted by Crippen LogP contribution is 1.97. The van der Waals surface area contributed by atoms with Crippen molar-refractivity contribution in [2.75, 3.05) is 54.9 Å². The molecule has 0 aromatic heterocycles. The minimum atomic E-state index is -0.149. The van der Waals surface area contributed by atoms with Crippen LogP contribution in [0.25, 0.3) is 0 Å². The number of carbonyl (C=O) groups excluding carboxylic acids is 1. The molecule has 0 bridgehead atoms. The number of ether oxygens (including phenoxy) is 1.